The van der Waals surface area contributed by atoms with E-state index in [-0.39, 0.29) is 0 Å². The van der Waals surface area contributed by atoms with Crippen molar-refractivity contribution in [3.8, 4) is 0 Å². The molecule has 1 aromatic heterocycles. The standard InChI is InChI=1S/C16H14N2O/c1-2-5-13(6-3-1)7-4-10-17-14-8-9-15-16(11-14)19-12-18-15/h1-9,11-12,17H,10H2. The van der Waals surface area contributed by atoms with Gasteiger partial charge in [0, 0.05) is 18.3 Å². The highest BCUT2D eigenvalue weighted by molar-refractivity contribution is 5.76. The monoisotopic (exact) mass is 250 g/mol. The zero-order valence-corrected chi connectivity index (χ0v) is 10.4. The molecular formula is C16H14N2O. The second kappa shape index (κ2) is 5.40. The van der Waals surface area contributed by atoms with Crippen molar-refractivity contribution in [1.82, 2.24) is 4.98 Å². The third-order valence-electron chi connectivity index (χ3n) is 2.87. The number of nitrogens with one attached hydrogen (secondary N) is 1. The molecule has 3 heteroatoms. The average Bonchev–Trinajstić information content (AvgIpc) is 2.92. The van der Waals surface area contributed by atoms with Crippen LogP contribution in [0.25, 0.3) is 17.2 Å². The van der Waals surface area contributed by atoms with Gasteiger partial charge in [-0.05, 0) is 17.7 Å². The molecule has 0 unspecified atom stereocenters. The van der Waals surface area contributed by atoms with Crippen molar-refractivity contribution >= 4 is 22.9 Å². The molecule has 0 aliphatic carbocycles. The molecule has 19 heavy (non-hydrogen) atoms. The predicted octanol–water partition coefficient (Wildman–Crippen LogP) is 3.95. The lowest BCUT2D eigenvalue weighted by molar-refractivity contribution is 0.602. The van der Waals surface area contributed by atoms with Gasteiger partial charge < -0.3 is 9.73 Å². The topological polar surface area (TPSA) is 38.1 Å². The number of oxazole rings is 1. The van der Waals surface area contributed by atoms with Crippen molar-refractivity contribution < 1.29 is 4.42 Å². The Labute approximate surface area is 111 Å². The Morgan fingerprint density at radius 1 is 1.11 bits per heavy atom. The van der Waals surface area contributed by atoms with Gasteiger partial charge >= 0.3 is 0 Å². The van der Waals surface area contributed by atoms with Crippen LogP contribution in [0.3, 0.4) is 0 Å². The van der Waals surface area contributed by atoms with Crippen LogP contribution in [0.1, 0.15) is 5.56 Å². The number of hydrogen-bond donors (Lipinski definition) is 1. The molecule has 0 aliphatic heterocycles. The quantitative estimate of drug-likeness (QED) is 0.761. The molecule has 0 spiro atoms. The molecule has 3 rings (SSSR count). The molecule has 3 aromatic rings. The van der Waals surface area contributed by atoms with Crippen LogP contribution < -0.4 is 5.32 Å². The summed E-state index contributed by atoms with van der Waals surface area (Å²) in [5, 5.41) is 3.32. The van der Waals surface area contributed by atoms with Crippen LogP contribution in [0, 0.1) is 0 Å². The van der Waals surface area contributed by atoms with Crippen LogP contribution in [0.15, 0.2) is 65.4 Å². The minimum absolute atomic E-state index is 0.772. The number of nitrogens with zero attached hydrogens (tertiary/aromatic N) is 1. The maximum Gasteiger partial charge on any atom is 0.181 e. The molecule has 0 aliphatic rings. The summed E-state index contributed by atoms with van der Waals surface area (Å²) in [4.78, 5) is 4.09. The van der Waals surface area contributed by atoms with Crippen molar-refractivity contribution in [2.45, 2.75) is 0 Å². The Balaban J connectivity index is 1.61. The van der Waals surface area contributed by atoms with Gasteiger partial charge in [-0.3, -0.25) is 0 Å². The highest BCUT2D eigenvalue weighted by Crippen LogP contribution is 2.17. The van der Waals surface area contributed by atoms with Gasteiger partial charge in [-0.15, -0.1) is 0 Å². The van der Waals surface area contributed by atoms with E-state index in [1.807, 2.05) is 36.4 Å². The Bertz CT molecular complexity index is 686. The summed E-state index contributed by atoms with van der Waals surface area (Å²) < 4.78 is 5.27. The van der Waals surface area contributed by atoms with E-state index in [0.717, 1.165) is 23.3 Å². The number of fused-ring (bicyclic) bond motifs is 1. The number of hydrogen-bond acceptors (Lipinski definition) is 3. The molecule has 0 fully saturated rings. The Hall–Kier alpha value is -2.55. The zero-order chi connectivity index (χ0) is 12.9. The highest BCUT2D eigenvalue weighted by Gasteiger charge is 1.98. The van der Waals surface area contributed by atoms with E-state index >= 15 is 0 Å². The molecule has 94 valence electrons. The maximum atomic E-state index is 5.27. The molecule has 0 radical (unpaired) electrons. The Kier molecular flexibility index (Phi) is 3.28. The number of rotatable bonds is 4. The summed E-state index contributed by atoms with van der Waals surface area (Å²) >= 11 is 0. The molecule has 3 nitrogen and oxygen atoms in total. The van der Waals surface area contributed by atoms with Gasteiger partial charge in [0.2, 0.25) is 0 Å². The lowest BCUT2D eigenvalue weighted by Crippen LogP contribution is -1.97. The largest absolute Gasteiger partial charge is 0.443 e. The molecule has 0 atom stereocenters. The first-order chi connectivity index (χ1) is 9.42. The SMILES string of the molecule is C(=Cc1ccccc1)CNc1ccc2ncoc2c1. The number of aromatic nitrogens is 1. The predicted molar refractivity (Wildman–Crippen MR) is 78.0 cm³/mol. The summed E-state index contributed by atoms with van der Waals surface area (Å²) in [6.45, 7) is 0.772. The van der Waals surface area contributed by atoms with Gasteiger partial charge in [0.25, 0.3) is 0 Å². The van der Waals surface area contributed by atoms with E-state index in [2.05, 4.69) is 34.6 Å². The van der Waals surface area contributed by atoms with Gasteiger partial charge in [0.05, 0.1) is 0 Å². The van der Waals surface area contributed by atoms with E-state index < -0.39 is 0 Å². The lowest BCUT2D eigenvalue weighted by Gasteiger charge is -2.02. The van der Waals surface area contributed by atoms with Crippen LogP contribution in [0.2, 0.25) is 0 Å². The van der Waals surface area contributed by atoms with Crippen molar-refractivity contribution in [1.29, 1.82) is 0 Å². The summed E-state index contributed by atoms with van der Waals surface area (Å²) in [5.41, 5.74) is 3.92. The number of benzene rings is 2. The lowest BCUT2D eigenvalue weighted by atomic mass is 10.2. The van der Waals surface area contributed by atoms with Crippen LogP contribution >= 0.6 is 0 Å². The van der Waals surface area contributed by atoms with Gasteiger partial charge in [-0.1, -0.05) is 42.5 Å². The molecule has 0 bridgehead atoms. The normalized spacial score (nSPS) is 11.2. The first kappa shape index (κ1) is 11.5. The minimum atomic E-state index is 0.772. The molecular weight excluding hydrogens is 236 g/mol. The Morgan fingerprint density at radius 3 is 2.89 bits per heavy atom. The van der Waals surface area contributed by atoms with Gasteiger partial charge in [-0.2, -0.15) is 0 Å². The zero-order valence-electron chi connectivity index (χ0n) is 10.4. The minimum Gasteiger partial charge on any atom is -0.443 e. The van der Waals surface area contributed by atoms with E-state index in [1.165, 1.54) is 12.0 Å². The first-order valence-corrected chi connectivity index (χ1v) is 6.20. The Morgan fingerprint density at radius 2 is 2.00 bits per heavy atom. The van der Waals surface area contributed by atoms with Crippen LogP contribution in [-0.4, -0.2) is 11.5 Å². The number of anilines is 1. The molecule has 0 saturated heterocycles. The van der Waals surface area contributed by atoms with Crippen LogP contribution in [0.5, 0.6) is 0 Å². The maximum absolute atomic E-state index is 5.27. The van der Waals surface area contributed by atoms with E-state index in [1.54, 1.807) is 0 Å². The second-order valence-electron chi connectivity index (χ2n) is 4.23. The summed E-state index contributed by atoms with van der Waals surface area (Å²) in [6, 6.07) is 16.1. The first-order valence-electron chi connectivity index (χ1n) is 6.20. The molecule has 2 aromatic carbocycles. The molecule has 1 heterocycles. The van der Waals surface area contributed by atoms with Crippen molar-refractivity contribution in [2.75, 3.05) is 11.9 Å². The molecule has 0 amide bonds. The van der Waals surface area contributed by atoms with E-state index in [4.69, 9.17) is 4.42 Å². The molecule has 0 saturated carbocycles. The third-order valence-corrected chi connectivity index (χ3v) is 2.87. The van der Waals surface area contributed by atoms with Crippen molar-refractivity contribution in [2.24, 2.45) is 0 Å². The second-order valence-corrected chi connectivity index (χ2v) is 4.23. The fourth-order valence-corrected chi connectivity index (χ4v) is 1.90. The average molecular weight is 250 g/mol. The van der Waals surface area contributed by atoms with Gasteiger partial charge in [0.1, 0.15) is 5.52 Å². The fourth-order valence-electron chi connectivity index (χ4n) is 1.90. The van der Waals surface area contributed by atoms with Crippen LogP contribution in [0.4, 0.5) is 5.69 Å². The third kappa shape index (κ3) is 2.83. The summed E-state index contributed by atoms with van der Waals surface area (Å²) in [6.07, 6.45) is 5.66. The fraction of sp³-hybridized carbons (Fsp3) is 0.0625. The van der Waals surface area contributed by atoms with Crippen molar-refractivity contribution in [3.05, 3.63) is 66.6 Å². The van der Waals surface area contributed by atoms with Crippen molar-refractivity contribution in [3.63, 3.8) is 0 Å². The van der Waals surface area contributed by atoms with Gasteiger partial charge in [-0.25, -0.2) is 4.98 Å². The van der Waals surface area contributed by atoms with E-state index in [0.29, 0.717) is 0 Å². The summed E-state index contributed by atoms with van der Waals surface area (Å²) in [5.74, 6) is 0. The summed E-state index contributed by atoms with van der Waals surface area (Å²) in [7, 11) is 0. The highest BCUT2D eigenvalue weighted by atomic mass is 16.3. The van der Waals surface area contributed by atoms with E-state index in [9.17, 15) is 0 Å². The van der Waals surface area contributed by atoms with Gasteiger partial charge in [0.15, 0.2) is 12.0 Å². The molecule has 1 N–H and O–H groups in total. The van der Waals surface area contributed by atoms with Crippen LogP contribution in [-0.2, 0) is 0 Å². The smallest absolute Gasteiger partial charge is 0.181 e.